The molecule has 1 N–H and O–H groups in total. The molecule has 18 heavy (non-hydrogen) atoms. The zero-order valence-electron chi connectivity index (χ0n) is 10.6. The molecule has 1 amide bonds. The van der Waals surface area contributed by atoms with Gasteiger partial charge >= 0.3 is 0 Å². The summed E-state index contributed by atoms with van der Waals surface area (Å²) in [7, 11) is 1.92. The number of hydrogen-bond donors (Lipinski definition) is 1. The summed E-state index contributed by atoms with van der Waals surface area (Å²) in [5.74, 6) is 0.150. The maximum atomic E-state index is 12.4. The van der Waals surface area contributed by atoms with Crippen molar-refractivity contribution in [2.75, 3.05) is 26.2 Å². The number of rotatable bonds is 1. The standard InChI is InChI=1S/C12H16N4OS/c1-8-9-7-10(18-12(9)15(2)14-8)11(17)16-5-3-13-4-6-16/h7,13H,3-6H2,1-2H3. The predicted molar refractivity (Wildman–Crippen MR) is 72.1 cm³/mol. The van der Waals surface area contributed by atoms with Crippen molar-refractivity contribution in [1.82, 2.24) is 20.0 Å². The first-order chi connectivity index (χ1) is 8.66. The van der Waals surface area contributed by atoms with Gasteiger partial charge < -0.3 is 10.2 Å². The lowest BCUT2D eigenvalue weighted by molar-refractivity contribution is 0.0741. The maximum Gasteiger partial charge on any atom is 0.264 e. The Hall–Kier alpha value is -1.40. The molecule has 96 valence electrons. The fourth-order valence-corrected chi connectivity index (χ4v) is 3.43. The van der Waals surface area contributed by atoms with Crippen LogP contribution in [0.25, 0.3) is 10.2 Å². The van der Waals surface area contributed by atoms with Crippen LogP contribution in [-0.2, 0) is 7.05 Å². The predicted octanol–water partition coefficient (Wildman–Crippen LogP) is 0.989. The number of thiophene rings is 1. The van der Waals surface area contributed by atoms with Gasteiger partial charge in [0.05, 0.1) is 10.6 Å². The van der Waals surface area contributed by atoms with Crippen molar-refractivity contribution < 1.29 is 4.79 Å². The minimum absolute atomic E-state index is 0.150. The Labute approximate surface area is 109 Å². The Balaban J connectivity index is 1.93. The van der Waals surface area contributed by atoms with E-state index in [1.165, 1.54) is 11.3 Å². The van der Waals surface area contributed by atoms with E-state index >= 15 is 0 Å². The van der Waals surface area contributed by atoms with Crippen LogP contribution >= 0.6 is 11.3 Å². The monoisotopic (exact) mass is 264 g/mol. The van der Waals surface area contributed by atoms with E-state index in [9.17, 15) is 4.79 Å². The Morgan fingerprint density at radius 1 is 1.44 bits per heavy atom. The second kappa shape index (κ2) is 4.37. The molecule has 0 unspecified atom stereocenters. The van der Waals surface area contributed by atoms with Crippen molar-refractivity contribution >= 4 is 27.5 Å². The normalized spacial score (nSPS) is 16.4. The van der Waals surface area contributed by atoms with E-state index in [0.717, 1.165) is 47.0 Å². The third kappa shape index (κ3) is 1.81. The largest absolute Gasteiger partial charge is 0.335 e. The van der Waals surface area contributed by atoms with Crippen molar-refractivity contribution in [3.8, 4) is 0 Å². The second-order valence-corrected chi connectivity index (χ2v) is 5.61. The van der Waals surface area contributed by atoms with E-state index in [0.29, 0.717) is 0 Å². The van der Waals surface area contributed by atoms with Crippen LogP contribution in [0.2, 0.25) is 0 Å². The highest BCUT2D eigenvalue weighted by Crippen LogP contribution is 2.28. The Bertz CT molecular complexity index is 560. The number of fused-ring (bicyclic) bond motifs is 1. The molecule has 3 heterocycles. The average molecular weight is 264 g/mol. The van der Waals surface area contributed by atoms with E-state index in [1.54, 1.807) is 0 Å². The summed E-state index contributed by atoms with van der Waals surface area (Å²) < 4.78 is 1.85. The number of aryl methyl sites for hydroxylation is 2. The van der Waals surface area contributed by atoms with Crippen LogP contribution in [0.3, 0.4) is 0 Å². The van der Waals surface area contributed by atoms with Crippen LogP contribution in [0.1, 0.15) is 15.4 Å². The smallest absolute Gasteiger partial charge is 0.264 e. The average Bonchev–Trinajstić information content (AvgIpc) is 2.93. The number of piperazine rings is 1. The van der Waals surface area contributed by atoms with Crippen LogP contribution in [0.4, 0.5) is 0 Å². The van der Waals surface area contributed by atoms with Crippen molar-refractivity contribution in [2.45, 2.75) is 6.92 Å². The zero-order valence-corrected chi connectivity index (χ0v) is 11.4. The number of amides is 1. The molecular weight excluding hydrogens is 248 g/mol. The molecule has 2 aromatic heterocycles. The first kappa shape index (κ1) is 11.7. The fourth-order valence-electron chi connectivity index (χ4n) is 2.33. The molecule has 0 saturated carbocycles. The van der Waals surface area contributed by atoms with Crippen molar-refractivity contribution in [3.63, 3.8) is 0 Å². The summed E-state index contributed by atoms with van der Waals surface area (Å²) in [6.07, 6.45) is 0. The van der Waals surface area contributed by atoms with Crippen LogP contribution in [-0.4, -0.2) is 46.8 Å². The lowest BCUT2D eigenvalue weighted by Gasteiger charge is -2.26. The van der Waals surface area contributed by atoms with Gasteiger partial charge in [0.15, 0.2) is 0 Å². The van der Waals surface area contributed by atoms with E-state index in [4.69, 9.17) is 0 Å². The van der Waals surface area contributed by atoms with Gasteiger partial charge in [-0.1, -0.05) is 0 Å². The Morgan fingerprint density at radius 2 is 2.17 bits per heavy atom. The summed E-state index contributed by atoms with van der Waals surface area (Å²) in [4.78, 5) is 16.2. The molecule has 1 saturated heterocycles. The molecule has 1 aliphatic heterocycles. The Kier molecular flexibility index (Phi) is 2.83. The second-order valence-electron chi connectivity index (χ2n) is 4.58. The topological polar surface area (TPSA) is 50.2 Å². The summed E-state index contributed by atoms with van der Waals surface area (Å²) in [5.41, 5.74) is 0.989. The Morgan fingerprint density at radius 3 is 2.83 bits per heavy atom. The highest BCUT2D eigenvalue weighted by Gasteiger charge is 2.21. The third-order valence-electron chi connectivity index (χ3n) is 3.31. The van der Waals surface area contributed by atoms with Crippen molar-refractivity contribution in [1.29, 1.82) is 0 Å². The number of carbonyl (C=O) groups is 1. The maximum absolute atomic E-state index is 12.4. The molecule has 3 rings (SSSR count). The molecule has 0 aromatic carbocycles. The van der Waals surface area contributed by atoms with Crippen LogP contribution in [0, 0.1) is 6.92 Å². The quantitative estimate of drug-likeness (QED) is 0.835. The van der Waals surface area contributed by atoms with Gasteiger partial charge in [-0.05, 0) is 13.0 Å². The van der Waals surface area contributed by atoms with Gasteiger partial charge in [-0.25, -0.2) is 0 Å². The summed E-state index contributed by atoms with van der Waals surface area (Å²) in [6.45, 7) is 5.34. The number of nitrogens with zero attached hydrogens (tertiary/aromatic N) is 3. The first-order valence-corrected chi connectivity index (χ1v) is 6.91. The molecule has 6 heteroatoms. The molecule has 5 nitrogen and oxygen atoms in total. The molecule has 0 radical (unpaired) electrons. The molecule has 0 bridgehead atoms. The van der Waals surface area contributed by atoms with Crippen LogP contribution in [0.15, 0.2) is 6.07 Å². The minimum atomic E-state index is 0.150. The van der Waals surface area contributed by atoms with Gasteiger partial charge in [-0.3, -0.25) is 9.48 Å². The zero-order chi connectivity index (χ0) is 12.7. The highest BCUT2D eigenvalue weighted by atomic mass is 32.1. The van der Waals surface area contributed by atoms with Gasteiger partial charge in [0, 0.05) is 38.6 Å². The number of carbonyl (C=O) groups excluding carboxylic acids is 1. The van der Waals surface area contributed by atoms with E-state index in [-0.39, 0.29) is 5.91 Å². The lowest BCUT2D eigenvalue weighted by Crippen LogP contribution is -2.46. The van der Waals surface area contributed by atoms with E-state index in [1.807, 2.05) is 29.6 Å². The van der Waals surface area contributed by atoms with Gasteiger partial charge in [0.25, 0.3) is 5.91 Å². The number of hydrogen-bond acceptors (Lipinski definition) is 4. The molecule has 2 aromatic rings. The van der Waals surface area contributed by atoms with Gasteiger partial charge in [-0.15, -0.1) is 11.3 Å². The lowest BCUT2D eigenvalue weighted by atomic mass is 10.3. The molecule has 1 fully saturated rings. The molecular formula is C12H16N4OS. The summed E-state index contributed by atoms with van der Waals surface area (Å²) in [6, 6.07) is 1.98. The SMILES string of the molecule is Cc1nn(C)c2sc(C(=O)N3CCNCC3)cc12. The molecule has 1 aliphatic rings. The first-order valence-electron chi connectivity index (χ1n) is 6.10. The highest BCUT2D eigenvalue weighted by molar-refractivity contribution is 7.20. The molecule has 0 aliphatic carbocycles. The van der Waals surface area contributed by atoms with Crippen LogP contribution < -0.4 is 5.32 Å². The van der Waals surface area contributed by atoms with Gasteiger partial charge in [0.1, 0.15) is 4.83 Å². The fraction of sp³-hybridized carbons (Fsp3) is 0.500. The van der Waals surface area contributed by atoms with Gasteiger partial charge in [-0.2, -0.15) is 5.10 Å². The summed E-state index contributed by atoms with van der Waals surface area (Å²) >= 11 is 1.54. The van der Waals surface area contributed by atoms with Gasteiger partial charge in [0.2, 0.25) is 0 Å². The van der Waals surface area contributed by atoms with E-state index < -0.39 is 0 Å². The molecule has 0 atom stereocenters. The summed E-state index contributed by atoms with van der Waals surface area (Å²) in [5, 5.41) is 8.71. The number of nitrogens with one attached hydrogen (secondary N) is 1. The molecule has 0 spiro atoms. The van der Waals surface area contributed by atoms with Crippen molar-refractivity contribution in [2.24, 2.45) is 7.05 Å². The van der Waals surface area contributed by atoms with Crippen LogP contribution in [0.5, 0.6) is 0 Å². The third-order valence-corrected chi connectivity index (χ3v) is 4.50. The van der Waals surface area contributed by atoms with E-state index in [2.05, 4.69) is 10.4 Å². The minimum Gasteiger partial charge on any atom is -0.335 e. The number of aromatic nitrogens is 2. The van der Waals surface area contributed by atoms with Crippen molar-refractivity contribution in [3.05, 3.63) is 16.6 Å².